The second-order valence-corrected chi connectivity index (χ2v) is 7.07. The zero-order valence-electron chi connectivity index (χ0n) is 13.4. The van der Waals surface area contributed by atoms with Gasteiger partial charge in [0.15, 0.2) is 5.17 Å². The van der Waals surface area contributed by atoms with Crippen LogP contribution in [0.15, 0.2) is 4.99 Å². The number of hydrogen-bond donors (Lipinski definition) is 1. The molecule has 2 rings (SSSR count). The Morgan fingerprint density at radius 1 is 1.48 bits per heavy atom. The van der Waals surface area contributed by atoms with Gasteiger partial charge in [-0.3, -0.25) is 4.99 Å². The van der Waals surface area contributed by atoms with Gasteiger partial charge in [-0.05, 0) is 39.5 Å². The van der Waals surface area contributed by atoms with Gasteiger partial charge in [0.25, 0.3) is 0 Å². The maximum atomic E-state index is 11.7. The molecule has 0 bridgehead atoms. The highest BCUT2D eigenvalue weighted by atomic mass is 32.2. The number of amides is 1. The summed E-state index contributed by atoms with van der Waals surface area (Å²) in [7, 11) is 0. The van der Waals surface area contributed by atoms with Crippen LogP contribution >= 0.6 is 11.8 Å². The molecule has 2 fully saturated rings. The van der Waals surface area contributed by atoms with E-state index in [1.165, 1.54) is 6.42 Å². The van der Waals surface area contributed by atoms with Crippen molar-refractivity contribution in [3.05, 3.63) is 0 Å². The molecule has 0 aromatic heterocycles. The van der Waals surface area contributed by atoms with E-state index in [9.17, 15) is 4.79 Å². The van der Waals surface area contributed by atoms with Crippen LogP contribution in [0.1, 0.15) is 46.5 Å². The highest BCUT2D eigenvalue weighted by molar-refractivity contribution is 8.13. The lowest BCUT2D eigenvalue weighted by atomic mass is 9.96. The summed E-state index contributed by atoms with van der Waals surface area (Å²) in [5.74, 6) is 1.14. The Balaban J connectivity index is 1.85. The number of rotatable bonds is 3. The number of carbonyl (C=O) groups is 1. The average molecular weight is 313 g/mol. The van der Waals surface area contributed by atoms with Crippen molar-refractivity contribution in [2.24, 2.45) is 4.99 Å². The SMILES string of the molecule is CCOC(=O)N1CCC(N=C2NC(C)(CC)CCS2)CC1. The number of aliphatic imine (C=N–C) groups is 1. The van der Waals surface area contributed by atoms with Crippen molar-refractivity contribution in [1.29, 1.82) is 0 Å². The summed E-state index contributed by atoms with van der Waals surface area (Å²) in [5.41, 5.74) is 0.190. The third kappa shape index (κ3) is 4.53. The number of thioether (sulfide) groups is 1. The normalized spacial score (nSPS) is 29.3. The molecule has 1 unspecified atom stereocenters. The van der Waals surface area contributed by atoms with Crippen molar-refractivity contribution in [1.82, 2.24) is 10.2 Å². The molecule has 1 atom stereocenters. The molecule has 6 heteroatoms. The summed E-state index contributed by atoms with van der Waals surface area (Å²) in [6.07, 6.45) is 3.97. The van der Waals surface area contributed by atoms with Crippen LogP contribution in [0.3, 0.4) is 0 Å². The van der Waals surface area contributed by atoms with Gasteiger partial charge in [0.05, 0.1) is 12.6 Å². The van der Waals surface area contributed by atoms with Gasteiger partial charge in [-0.2, -0.15) is 0 Å². The van der Waals surface area contributed by atoms with E-state index in [4.69, 9.17) is 9.73 Å². The molecule has 5 nitrogen and oxygen atoms in total. The maximum Gasteiger partial charge on any atom is 0.409 e. The van der Waals surface area contributed by atoms with Crippen LogP contribution in [0, 0.1) is 0 Å². The predicted molar refractivity (Wildman–Crippen MR) is 88.0 cm³/mol. The van der Waals surface area contributed by atoms with Crippen LogP contribution in [-0.4, -0.2) is 53.2 Å². The minimum Gasteiger partial charge on any atom is -0.450 e. The largest absolute Gasteiger partial charge is 0.450 e. The third-order valence-electron chi connectivity index (χ3n) is 4.37. The monoisotopic (exact) mass is 313 g/mol. The zero-order chi connectivity index (χ0) is 15.3. The number of hydrogen-bond acceptors (Lipinski definition) is 4. The lowest BCUT2D eigenvalue weighted by Gasteiger charge is -2.36. The standard InChI is InChI=1S/C15H27N3O2S/c1-4-15(3)8-11-21-13(17-15)16-12-6-9-18(10-7-12)14(19)20-5-2/h12H,4-11H2,1-3H3,(H,16,17). The average Bonchev–Trinajstić information content (AvgIpc) is 2.48. The Labute approximate surface area is 131 Å². The fraction of sp³-hybridized carbons (Fsp3) is 0.867. The van der Waals surface area contributed by atoms with Crippen molar-refractivity contribution < 1.29 is 9.53 Å². The first-order valence-electron chi connectivity index (χ1n) is 7.97. The first-order chi connectivity index (χ1) is 10.1. The molecule has 0 radical (unpaired) electrons. The molecular weight excluding hydrogens is 286 g/mol. The van der Waals surface area contributed by atoms with Crippen molar-refractivity contribution in [3.63, 3.8) is 0 Å². The topological polar surface area (TPSA) is 53.9 Å². The van der Waals surface area contributed by atoms with Gasteiger partial charge in [-0.25, -0.2) is 4.79 Å². The molecule has 21 heavy (non-hydrogen) atoms. The van der Waals surface area contributed by atoms with Crippen LogP contribution < -0.4 is 5.32 Å². The van der Waals surface area contributed by atoms with Gasteiger partial charge in [-0.1, -0.05) is 18.7 Å². The van der Waals surface area contributed by atoms with Crippen molar-refractivity contribution >= 4 is 23.0 Å². The minimum atomic E-state index is -0.188. The van der Waals surface area contributed by atoms with Crippen LogP contribution in [0.5, 0.6) is 0 Å². The number of amidine groups is 1. The van der Waals surface area contributed by atoms with Gasteiger partial charge >= 0.3 is 6.09 Å². The Morgan fingerprint density at radius 3 is 2.81 bits per heavy atom. The molecule has 1 amide bonds. The number of ether oxygens (including phenoxy) is 1. The van der Waals surface area contributed by atoms with Crippen molar-refractivity contribution in [2.75, 3.05) is 25.4 Å². The number of carbonyl (C=O) groups excluding carboxylic acids is 1. The predicted octanol–water partition coefficient (Wildman–Crippen LogP) is 2.86. The first kappa shape index (κ1) is 16.5. The van der Waals surface area contributed by atoms with E-state index >= 15 is 0 Å². The van der Waals surface area contributed by atoms with Crippen molar-refractivity contribution in [3.8, 4) is 0 Å². The van der Waals surface area contributed by atoms with E-state index in [1.807, 2.05) is 18.7 Å². The van der Waals surface area contributed by atoms with E-state index in [2.05, 4.69) is 19.2 Å². The van der Waals surface area contributed by atoms with Gasteiger partial charge in [0, 0.05) is 24.4 Å². The van der Waals surface area contributed by atoms with E-state index in [-0.39, 0.29) is 11.6 Å². The fourth-order valence-electron chi connectivity index (χ4n) is 2.62. The van der Waals surface area contributed by atoms with E-state index < -0.39 is 0 Å². The van der Waals surface area contributed by atoms with E-state index in [0.29, 0.717) is 12.6 Å². The summed E-state index contributed by atoms with van der Waals surface area (Å²) < 4.78 is 5.04. The third-order valence-corrected chi connectivity index (χ3v) is 5.26. The van der Waals surface area contributed by atoms with E-state index in [0.717, 1.165) is 43.3 Å². The Morgan fingerprint density at radius 2 is 2.19 bits per heavy atom. The van der Waals surface area contributed by atoms with Crippen LogP contribution in [0.4, 0.5) is 4.79 Å². The molecule has 2 heterocycles. The summed E-state index contributed by atoms with van der Waals surface area (Å²) in [5, 5.41) is 4.67. The van der Waals surface area contributed by atoms with Gasteiger partial charge < -0.3 is 15.0 Å². The molecule has 2 aliphatic rings. The minimum absolute atomic E-state index is 0.188. The molecule has 0 aromatic carbocycles. The maximum absolute atomic E-state index is 11.7. The molecular formula is C15H27N3O2S. The number of nitrogens with one attached hydrogen (secondary N) is 1. The molecule has 0 spiro atoms. The second kappa shape index (κ2) is 7.38. The molecule has 2 saturated heterocycles. The Bertz CT molecular complexity index is 394. The molecule has 0 aromatic rings. The quantitative estimate of drug-likeness (QED) is 0.870. The number of likely N-dealkylation sites (tertiary alicyclic amines) is 1. The van der Waals surface area contributed by atoms with Crippen LogP contribution in [-0.2, 0) is 4.74 Å². The Kier molecular flexibility index (Phi) is 5.79. The Hall–Kier alpha value is -0.910. The molecule has 0 saturated carbocycles. The number of nitrogens with zero attached hydrogens (tertiary/aromatic N) is 2. The highest BCUT2D eigenvalue weighted by Gasteiger charge is 2.29. The summed E-state index contributed by atoms with van der Waals surface area (Å²) in [4.78, 5) is 18.3. The lowest BCUT2D eigenvalue weighted by molar-refractivity contribution is 0.0975. The molecule has 120 valence electrons. The van der Waals surface area contributed by atoms with Gasteiger partial charge in [0.2, 0.25) is 0 Å². The van der Waals surface area contributed by atoms with E-state index in [1.54, 1.807) is 4.90 Å². The molecule has 0 aliphatic carbocycles. The molecule has 2 aliphatic heterocycles. The van der Waals surface area contributed by atoms with Gasteiger partial charge in [-0.15, -0.1) is 0 Å². The van der Waals surface area contributed by atoms with Gasteiger partial charge in [0.1, 0.15) is 0 Å². The molecule has 1 N–H and O–H groups in total. The second-order valence-electron chi connectivity index (χ2n) is 5.99. The lowest BCUT2D eigenvalue weighted by Crippen LogP contribution is -2.49. The van der Waals surface area contributed by atoms with Crippen molar-refractivity contribution in [2.45, 2.75) is 58.0 Å². The van der Waals surface area contributed by atoms with Crippen LogP contribution in [0.2, 0.25) is 0 Å². The summed E-state index contributed by atoms with van der Waals surface area (Å²) in [6, 6.07) is 0.324. The first-order valence-corrected chi connectivity index (χ1v) is 8.95. The highest BCUT2D eigenvalue weighted by Crippen LogP contribution is 2.26. The zero-order valence-corrected chi connectivity index (χ0v) is 14.2. The summed E-state index contributed by atoms with van der Waals surface area (Å²) >= 11 is 1.82. The fourth-order valence-corrected chi connectivity index (χ4v) is 3.91. The number of piperidine rings is 1. The smallest absolute Gasteiger partial charge is 0.409 e. The van der Waals surface area contributed by atoms with Crippen LogP contribution in [0.25, 0.3) is 0 Å². The summed E-state index contributed by atoms with van der Waals surface area (Å²) in [6.45, 7) is 8.26.